The van der Waals surface area contributed by atoms with Gasteiger partial charge in [-0.3, -0.25) is 0 Å². The largest absolute Gasteiger partial charge is 0.302 e. The van der Waals surface area contributed by atoms with E-state index in [-0.39, 0.29) is 4.91 Å². The lowest BCUT2D eigenvalue weighted by molar-refractivity contribution is 0.564. The van der Waals surface area contributed by atoms with Crippen molar-refractivity contribution in [1.82, 2.24) is 0 Å². The topological polar surface area (TPSA) is 37.3 Å². The van der Waals surface area contributed by atoms with Gasteiger partial charge in [0.25, 0.3) is 0 Å². The third-order valence-corrected chi connectivity index (χ3v) is 1.98. The average Bonchev–Trinajstić information content (AvgIpc) is 1.88. The summed E-state index contributed by atoms with van der Waals surface area (Å²) < 4.78 is 31.3. The lowest BCUT2D eigenvalue weighted by Crippen LogP contribution is -1.97. The molecule has 1 unspecified atom stereocenters. The van der Waals surface area contributed by atoms with Gasteiger partial charge in [0.15, 0.2) is 11.1 Å². The number of hydrogen-bond acceptors (Lipinski definition) is 1. The molecule has 56 valence electrons. The Kier molecular flexibility index (Phi) is 2.34. The van der Waals surface area contributed by atoms with Gasteiger partial charge in [-0.25, -0.2) is 8.60 Å². The molecule has 0 aromatic carbocycles. The molecule has 0 radical (unpaired) electrons. The fraction of sp³-hybridized carbons (Fsp3) is 0.333. The molecule has 0 aromatic heterocycles. The first-order chi connectivity index (χ1) is 4.72. The zero-order valence-corrected chi connectivity index (χ0v) is 6.03. The molecule has 4 heteroatoms. The van der Waals surface area contributed by atoms with Crippen molar-refractivity contribution >= 4 is 11.1 Å². The fourth-order valence-electron chi connectivity index (χ4n) is 0.777. The summed E-state index contributed by atoms with van der Waals surface area (Å²) in [4.78, 5) is -0.0914. The van der Waals surface area contributed by atoms with Crippen LogP contribution in [0.4, 0.5) is 4.39 Å². The molecule has 1 aliphatic carbocycles. The first kappa shape index (κ1) is 7.63. The van der Waals surface area contributed by atoms with Crippen LogP contribution >= 0.6 is 0 Å². The standard InChI is InChI=1S/C6H7FO2S/c7-5-3-1-2-4-6(5)10(8)9/h3-4H,1-2H2,(H,8,9). The first-order valence-electron chi connectivity index (χ1n) is 2.89. The number of hydrogen-bond donors (Lipinski definition) is 1. The minimum Gasteiger partial charge on any atom is -0.302 e. The van der Waals surface area contributed by atoms with E-state index in [1.807, 2.05) is 0 Å². The summed E-state index contributed by atoms with van der Waals surface area (Å²) in [5.74, 6) is -0.563. The fourth-order valence-corrected chi connectivity index (χ4v) is 1.29. The van der Waals surface area contributed by atoms with Crippen molar-refractivity contribution in [1.29, 1.82) is 0 Å². The van der Waals surface area contributed by atoms with E-state index in [2.05, 4.69) is 0 Å². The second kappa shape index (κ2) is 3.07. The van der Waals surface area contributed by atoms with Crippen LogP contribution in [0.25, 0.3) is 0 Å². The Hall–Kier alpha value is -0.480. The van der Waals surface area contributed by atoms with E-state index >= 15 is 0 Å². The molecule has 0 spiro atoms. The van der Waals surface area contributed by atoms with E-state index < -0.39 is 16.9 Å². The minimum absolute atomic E-state index is 0.0914. The summed E-state index contributed by atoms with van der Waals surface area (Å²) in [6, 6.07) is 0. The van der Waals surface area contributed by atoms with Crippen molar-refractivity contribution < 1.29 is 13.2 Å². The van der Waals surface area contributed by atoms with Gasteiger partial charge in [0, 0.05) is 0 Å². The van der Waals surface area contributed by atoms with Gasteiger partial charge in [-0.2, -0.15) is 0 Å². The number of halogens is 1. The van der Waals surface area contributed by atoms with Crippen LogP contribution in [0.5, 0.6) is 0 Å². The van der Waals surface area contributed by atoms with Gasteiger partial charge in [0.1, 0.15) is 5.83 Å². The molecule has 1 aliphatic rings. The Morgan fingerprint density at radius 3 is 2.50 bits per heavy atom. The molecule has 0 bridgehead atoms. The van der Waals surface area contributed by atoms with Crippen LogP contribution in [0.15, 0.2) is 22.9 Å². The van der Waals surface area contributed by atoms with Gasteiger partial charge in [-0.1, -0.05) is 6.08 Å². The smallest absolute Gasteiger partial charge is 0.189 e. The van der Waals surface area contributed by atoms with Crippen molar-refractivity contribution in [2.75, 3.05) is 0 Å². The second-order valence-corrected chi connectivity index (χ2v) is 2.89. The summed E-state index contributed by atoms with van der Waals surface area (Å²) in [6.07, 6.45) is 4.04. The highest BCUT2D eigenvalue weighted by Gasteiger charge is 2.12. The average molecular weight is 162 g/mol. The Bertz CT molecular complexity index is 220. The van der Waals surface area contributed by atoms with Crippen LogP contribution in [0.1, 0.15) is 12.8 Å². The Morgan fingerprint density at radius 1 is 1.50 bits per heavy atom. The lowest BCUT2D eigenvalue weighted by Gasteiger charge is -2.03. The third kappa shape index (κ3) is 1.52. The van der Waals surface area contributed by atoms with Gasteiger partial charge < -0.3 is 4.55 Å². The Labute approximate surface area is 60.7 Å². The summed E-state index contributed by atoms with van der Waals surface area (Å²) in [5, 5.41) is 0. The molecule has 0 aliphatic heterocycles. The van der Waals surface area contributed by atoms with E-state index in [1.54, 1.807) is 0 Å². The second-order valence-electron chi connectivity index (χ2n) is 1.95. The SMILES string of the molecule is O=S(O)C1=CCCC=C1F. The normalized spacial score (nSPS) is 21.4. The first-order valence-corrected chi connectivity index (χ1v) is 3.99. The maximum absolute atomic E-state index is 12.5. The van der Waals surface area contributed by atoms with Gasteiger partial charge >= 0.3 is 0 Å². The highest BCUT2D eigenvalue weighted by molar-refractivity contribution is 7.83. The maximum atomic E-state index is 12.5. The molecule has 0 aromatic rings. The van der Waals surface area contributed by atoms with Crippen LogP contribution in [0.3, 0.4) is 0 Å². The molecular weight excluding hydrogens is 155 g/mol. The van der Waals surface area contributed by atoms with Crippen LogP contribution in [0, 0.1) is 0 Å². The van der Waals surface area contributed by atoms with E-state index in [0.29, 0.717) is 12.8 Å². The lowest BCUT2D eigenvalue weighted by atomic mass is 10.2. The van der Waals surface area contributed by atoms with Crippen molar-refractivity contribution in [3.8, 4) is 0 Å². The monoisotopic (exact) mass is 162 g/mol. The molecular formula is C6H7FO2S. The van der Waals surface area contributed by atoms with Crippen molar-refractivity contribution in [2.45, 2.75) is 12.8 Å². The zero-order valence-electron chi connectivity index (χ0n) is 5.21. The molecule has 0 amide bonds. The van der Waals surface area contributed by atoms with Crippen molar-refractivity contribution in [3.63, 3.8) is 0 Å². The molecule has 0 saturated carbocycles. The van der Waals surface area contributed by atoms with Gasteiger partial charge in [-0.15, -0.1) is 0 Å². The van der Waals surface area contributed by atoms with Crippen LogP contribution in [0.2, 0.25) is 0 Å². The molecule has 10 heavy (non-hydrogen) atoms. The van der Waals surface area contributed by atoms with Crippen molar-refractivity contribution in [2.24, 2.45) is 0 Å². The van der Waals surface area contributed by atoms with E-state index in [4.69, 9.17) is 4.55 Å². The summed E-state index contributed by atoms with van der Waals surface area (Å²) >= 11 is -2.16. The van der Waals surface area contributed by atoms with E-state index in [9.17, 15) is 8.60 Å². The van der Waals surface area contributed by atoms with Crippen molar-refractivity contribution in [3.05, 3.63) is 22.9 Å². The maximum Gasteiger partial charge on any atom is 0.189 e. The van der Waals surface area contributed by atoms with Crippen LogP contribution in [-0.2, 0) is 11.1 Å². The summed E-state index contributed by atoms with van der Waals surface area (Å²) in [7, 11) is 0. The summed E-state index contributed by atoms with van der Waals surface area (Å²) in [6.45, 7) is 0. The molecule has 1 N–H and O–H groups in total. The number of allylic oxidation sites excluding steroid dienone is 3. The zero-order chi connectivity index (χ0) is 7.56. The van der Waals surface area contributed by atoms with Crippen LogP contribution in [-0.4, -0.2) is 8.76 Å². The van der Waals surface area contributed by atoms with E-state index in [0.717, 1.165) is 0 Å². The van der Waals surface area contributed by atoms with Gasteiger partial charge in [0.05, 0.1) is 4.91 Å². The Morgan fingerprint density at radius 2 is 2.10 bits per heavy atom. The third-order valence-electron chi connectivity index (χ3n) is 1.24. The molecule has 0 fully saturated rings. The van der Waals surface area contributed by atoms with E-state index in [1.165, 1.54) is 12.2 Å². The Balaban J connectivity index is 2.84. The molecule has 1 rings (SSSR count). The van der Waals surface area contributed by atoms with Gasteiger partial charge in [-0.05, 0) is 18.9 Å². The molecule has 0 heterocycles. The van der Waals surface area contributed by atoms with Gasteiger partial charge in [0.2, 0.25) is 0 Å². The molecule has 2 nitrogen and oxygen atoms in total. The quantitative estimate of drug-likeness (QED) is 0.596. The predicted molar refractivity (Wildman–Crippen MR) is 37.3 cm³/mol. The predicted octanol–water partition coefficient (Wildman–Crippen LogP) is 1.74. The highest BCUT2D eigenvalue weighted by atomic mass is 32.2. The molecule has 0 saturated heterocycles. The molecule has 1 atom stereocenters. The van der Waals surface area contributed by atoms with Crippen LogP contribution < -0.4 is 0 Å². The highest BCUT2D eigenvalue weighted by Crippen LogP contribution is 2.21. The minimum atomic E-state index is -2.16. The summed E-state index contributed by atoms with van der Waals surface area (Å²) in [5.41, 5.74) is 0. The number of rotatable bonds is 1.